The molecule has 1 saturated heterocycles. The van der Waals surface area contributed by atoms with Crippen LogP contribution in [0, 0.1) is 6.92 Å². The van der Waals surface area contributed by atoms with Crippen molar-refractivity contribution in [1.29, 1.82) is 0 Å². The number of phenols is 1. The Morgan fingerprint density at radius 3 is 2.80 bits per heavy atom. The summed E-state index contributed by atoms with van der Waals surface area (Å²) >= 11 is 1.39. The van der Waals surface area contributed by atoms with Gasteiger partial charge in [-0.2, -0.15) is 0 Å². The van der Waals surface area contributed by atoms with Crippen LogP contribution in [0.25, 0.3) is 6.08 Å². The van der Waals surface area contributed by atoms with Gasteiger partial charge in [0.1, 0.15) is 5.75 Å². The molecule has 1 unspecified atom stereocenters. The van der Waals surface area contributed by atoms with Crippen LogP contribution in [0.5, 0.6) is 17.2 Å². The quantitative estimate of drug-likeness (QED) is 0.428. The van der Waals surface area contributed by atoms with Gasteiger partial charge in [-0.15, -0.1) is 6.58 Å². The zero-order valence-corrected chi connectivity index (χ0v) is 18.1. The molecule has 0 aromatic heterocycles. The molecule has 0 radical (unpaired) electrons. The Kier molecular flexibility index (Phi) is 6.95. The van der Waals surface area contributed by atoms with E-state index in [2.05, 4.69) is 17.2 Å². The molecule has 0 bridgehead atoms. The fourth-order valence-electron chi connectivity index (χ4n) is 3.14. The van der Waals surface area contributed by atoms with Crippen LogP contribution in [0.2, 0.25) is 0 Å². The predicted octanol–water partition coefficient (Wildman–Crippen LogP) is 4.44. The van der Waals surface area contributed by atoms with E-state index in [1.807, 2.05) is 38.1 Å². The lowest BCUT2D eigenvalue weighted by molar-refractivity contribution is -0.116. The van der Waals surface area contributed by atoms with Crippen molar-refractivity contribution in [3.8, 4) is 17.2 Å². The first-order valence-corrected chi connectivity index (χ1v) is 10.5. The number of allylic oxidation sites excluding steroid dienone is 1. The molecule has 1 amide bonds. The molecule has 3 rings (SSSR count). The molecule has 1 aliphatic heterocycles. The van der Waals surface area contributed by atoms with Gasteiger partial charge >= 0.3 is 0 Å². The van der Waals surface area contributed by atoms with Gasteiger partial charge in [0.2, 0.25) is 0 Å². The highest BCUT2D eigenvalue weighted by molar-refractivity contribution is 8.05. The molecule has 158 valence electrons. The Balaban J connectivity index is 1.84. The van der Waals surface area contributed by atoms with Gasteiger partial charge in [0, 0.05) is 5.56 Å². The fraction of sp³-hybridized carbons (Fsp3) is 0.261. The molecule has 30 heavy (non-hydrogen) atoms. The molecule has 2 aromatic rings. The molecule has 1 fully saturated rings. The van der Waals surface area contributed by atoms with E-state index in [1.165, 1.54) is 11.8 Å². The van der Waals surface area contributed by atoms with Gasteiger partial charge in [0.15, 0.2) is 17.0 Å². The predicted molar refractivity (Wildman–Crippen MR) is 122 cm³/mol. The zero-order chi connectivity index (χ0) is 21.7. The van der Waals surface area contributed by atoms with E-state index in [0.717, 1.165) is 16.8 Å². The number of hydrogen-bond donors (Lipinski definition) is 3. The fourth-order valence-corrected chi connectivity index (χ4v) is 4.12. The average molecular weight is 427 g/mol. The second kappa shape index (κ2) is 9.63. The van der Waals surface area contributed by atoms with E-state index < -0.39 is 0 Å². The van der Waals surface area contributed by atoms with Crippen molar-refractivity contribution in [3.05, 3.63) is 64.6 Å². The number of methoxy groups -OCH3 is 1. The molecule has 1 atom stereocenters. The monoisotopic (exact) mass is 426 g/mol. The minimum Gasteiger partial charge on any atom is -0.504 e. The summed E-state index contributed by atoms with van der Waals surface area (Å²) in [4.78, 5) is 13.1. The van der Waals surface area contributed by atoms with E-state index in [9.17, 15) is 9.90 Å². The third-order valence-electron chi connectivity index (χ3n) is 4.51. The summed E-state index contributed by atoms with van der Waals surface area (Å²) in [7, 11) is 1.61. The summed E-state index contributed by atoms with van der Waals surface area (Å²) in [6.07, 6.45) is 4.01. The number of carbonyl (C=O) groups excluding carboxylic acids is 1. The molecule has 1 aliphatic rings. The maximum absolute atomic E-state index is 12.5. The van der Waals surface area contributed by atoms with Crippen LogP contribution < -0.4 is 20.1 Å². The molecule has 0 saturated carbocycles. The molecule has 3 N–H and O–H groups in total. The largest absolute Gasteiger partial charge is 0.504 e. The lowest BCUT2D eigenvalue weighted by atomic mass is 10.1. The number of amides is 1. The van der Waals surface area contributed by atoms with Crippen molar-refractivity contribution in [3.63, 3.8) is 0 Å². The van der Waals surface area contributed by atoms with Crippen molar-refractivity contribution in [1.82, 2.24) is 5.32 Å². The Morgan fingerprint density at radius 1 is 1.30 bits per heavy atom. The number of aromatic hydroxyl groups is 1. The minimum atomic E-state index is -0.324. The van der Waals surface area contributed by atoms with Gasteiger partial charge in [-0.25, -0.2) is 0 Å². The van der Waals surface area contributed by atoms with Crippen molar-refractivity contribution in [2.75, 3.05) is 19.0 Å². The number of thioether (sulfide) groups is 1. The number of anilines is 1. The minimum absolute atomic E-state index is 0.105. The van der Waals surface area contributed by atoms with E-state index in [0.29, 0.717) is 35.0 Å². The van der Waals surface area contributed by atoms with Crippen LogP contribution in [0.3, 0.4) is 0 Å². The Bertz CT molecular complexity index is 987. The van der Waals surface area contributed by atoms with Gasteiger partial charge in [0.25, 0.3) is 5.91 Å². The maximum Gasteiger partial charge on any atom is 0.260 e. The summed E-state index contributed by atoms with van der Waals surface area (Å²) in [5.74, 6) is 1.04. The number of aryl methyl sites for hydroxylation is 1. The van der Waals surface area contributed by atoms with Crippen molar-refractivity contribution in [2.24, 2.45) is 0 Å². The highest BCUT2D eigenvalue weighted by atomic mass is 32.2. The van der Waals surface area contributed by atoms with Gasteiger partial charge in [-0.3, -0.25) is 4.79 Å². The van der Waals surface area contributed by atoms with E-state index in [1.54, 1.807) is 25.3 Å². The van der Waals surface area contributed by atoms with Crippen LogP contribution >= 0.6 is 11.8 Å². The number of benzene rings is 2. The summed E-state index contributed by atoms with van der Waals surface area (Å²) in [6, 6.07) is 9.41. The number of ether oxygens (including phenoxy) is 2. The summed E-state index contributed by atoms with van der Waals surface area (Å²) < 4.78 is 10.9. The lowest BCUT2D eigenvalue weighted by Crippen LogP contribution is -2.31. The van der Waals surface area contributed by atoms with E-state index in [-0.39, 0.29) is 17.2 Å². The molecule has 6 nitrogen and oxygen atoms in total. The third-order valence-corrected chi connectivity index (χ3v) is 5.54. The maximum atomic E-state index is 12.5. The molecule has 2 aromatic carbocycles. The highest BCUT2D eigenvalue weighted by Crippen LogP contribution is 2.36. The summed E-state index contributed by atoms with van der Waals surface area (Å²) in [5.41, 5.74) is 3.05. The van der Waals surface area contributed by atoms with Gasteiger partial charge in [-0.1, -0.05) is 23.9 Å². The highest BCUT2D eigenvalue weighted by Gasteiger charge is 2.28. The van der Waals surface area contributed by atoms with E-state index >= 15 is 0 Å². The second-order valence-corrected chi connectivity index (χ2v) is 7.93. The molecule has 0 spiro atoms. The van der Waals surface area contributed by atoms with Crippen LogP contribution in [0.1, 0.15) is 23.6 Å². The van der Waals surface area contributed by atoms with Crippen molar-refractivity contribution >= 4 is 29.4 Å². The lowest BCUT2D eigenvalue weighted by Gasteiger charge is -2.16. The molecule has 7 heteroatoms. The average Bonchev–Trinajstić information content (AvgIpc) is 3.04. The molecule has 1 heterocycles. The standard InChI is InChI=1S/C23H26N2O4S/c1-5-7-16-11-15(12-19(21(16)26)29-6-2)13-20-22(27)25-23(30-20)24-17-10-14(3)8-9-18(17)28-4/h5,8-13,23-24,26H,1,6-7H2,2-4H3,(H,25,27)/b20-13-. The first-order valence-electron chi connectivity index (χ1n) is 9.65. The van der Waals surface area contributed by atoms with Crippen molar-refractivity contribution in [2.45, 2.75) is 25.8 Å². The molecular formula is C23H26N2O4S. The summed E-state index contributed by atoms with van der Waals surface area (Å²) in [6.45, 7) is 8.02. The summed E-state index contributed by atoms with van der Waals surface area (Å²) in [5, 5.41) is 16.6. The van der Waals surface area contributed by atoms with Gasteiger partial charge < -0.3 is 25.2 Å². The topological polar surface area (TPSA) is 79.8 Å². The number of rotatable bonds is 8. The number of nitrogens with one attached hydrogen (secondary N) is 2. The normalized spacial score (nSPS) is 17.0. The Hall–Kier alpha value is -3.06. The van der Waals surface area contributed by atoms with Crippen molar-refractivity contribution < 1.29 is 19.4 Å². The number of carbonyl (C=O) groups is 1. The van der Waals surface area contributed by atoms with Crippen LogP contribution in [-0.2, 0) is 11.2 Å². The van der Waals surface area contributed by atoms with Crippen LogP contribution in [-0.4, -0.2) is 30.2 Å². The SMILES string of the molecule is C=CCc1cc(/C=C2\SC(Nc3cc(C)ccc3OC)NC2=O)cc(OCC)c1O. The second-order valence-electron chi connectivity index (χ2n) is 6.78. The van der Waals surface area contributed by atoms with Crippen LogP contribution in [0.15, 0.2) is 47.9 Å². The number of hydrogen-bond acceptors (Lipinski definition) is 6. The first-order chi connectivity index (χ1) is 14.4. The van der Waals surface area contributed by atoms with Crippen LogP contribution in [0.4, 0.5) is 5.69 Å². The molecule has 0 aliphatic carbocycles. The zero-order valence-electron chi connectivity index (χ0n) is 17.3. The third kappa shape index (κ3) is 4.91. The Labute approximate surface area is 181 Å². The smallest absolute Gasteiger partial charge is 0.260 e. The first kappa shape index (κ1) is 21.6. The van der Waals surface area contributed by atoms with E-state index in [4.69, 9.17) is 9.47 Å². The molecular weight excluding hydrogens is 400 g/mol. The number of phenolic OH excluding ortho intramolecular Hbond substituents is 1. The van der Waals surface area contributed by atoms with Gasteiger partial charge in [-0.05, 0) is 61.7 Å². The Morgan fingerprint density at radius 2 is 2.10 bits per heavy atom. The van der Waals surface area contributed by atoms with Gasteiger partial charge in [0.05, 0.1) is 24.3 Å².